The van der Waals surface area contributed by atoms with Crippen LogP contribution < -0.4 is 10.7 Å². The Balaban J connectivity index is 1.69. The minimum atomic E-state index is -1.04. The zero-order valence-corrected chi connectivity index (χ0v) is 14.9. The van der Waals surface area contributed by atoms with Crippen LogP contribution in [0.1, 0.15) is 34.1 Å². The minimum absolute atomic E-state index is 0.448. The van der Waals surface area contributed by atoms with Crippen molar-refractivity contribution in [1.82, 2.24) is 15.8 Å². The standard InChI is InChI=1S/C18H19N3O3S/c1-12-9-11-25-14(12)15(22)20-21-16(23)18(2,19-17(21)24)10-8-13-6-4-3-5-7-13/h3-7,9,11H,8,10H2,1-2H3,(H,19,24)(H,20,22). The second kappa shape index (κ2) is 6.68. The smallest absolute Gasteiger partial charge is 0.322 e. The van der Waals surface area contributed by atoms with Crippen molar-refractivity contribution < 1.29 is 14.4 Å². The number of hydrogen-bond donors (Lipinski definition) is 2. The number of hydrogen-bond acceptors (Lipinski definition) is 4. The van der Waals surface area contributed by atoms with Crippen LogP contribution >= 0.6 is 11.3 Å². The first-order valence-corrected chi connectivity index (χ1v) is 8.84. The Kier molecular flexibility index (Phi) is 4.59. The maximum absolute atomic E-state index is 12.7. The molecule has 1 atom stereocenters. The molecule has 1 aromatic carbocycles. The molecule has 3 rings (SSSR count). The van der Waals surface area contributed by atoms with Gasteiger partial charge in [0.2, 0.25) is 0 Å². The number of amides is 4. The molecule has 1 aliphatic heterocycles. The third-order valence-corrected chi connectivity index (χ3v) is 5.31. The van der Waals surface area contributed by atoms with Gasteiger partial charge in [-0.1, -0.05) is 30.3 Å². The molecule has 1 saturated heterocycles. The van der Waals surface area contributed by atoms with Gasteiger partial charge in [0.15, 0.2) is 0 Å². The number of aryl methyl sites for hydroxylation is 2. The Morgan fingerprint density at radius 1 is 1.24 bits per heavy atom. The van der Waals surface area contributed by atoms with Gasteiger partial charge >= 0.3 is 6.03 Å². The van der Waals surface area contributed by atoms with Crippen LogP contribution in [0.15, 0.2) is 41.8 Å². The number of hydrazine groups is 1. The summed E-state index contributed by atoms with van der Waals surface area (Å²) in [7, 11) is 0. The fraction of sp³-hybridized carbons (Fsp3) is 0.278. The van der Waals surface area contributed by atoms with E-state index < -0.39 is 23.4 Å². The van der Waals surface area contributed by atoms with Crippen molar-refractivity contribution in [2.45, 2.75) is 32.2 Å². The van der Waals surface area contributed by atoms with Gasteiger partial charge in [0.25, 0.3) is 11.8 Å². The monoisotopic (exact) mass is 357 g/mol. The van der Waals surface area contributed by atoms with Crippen LogP contribution in [-0.4, -0.2) is 28.4 Å². The summed E-state index contributed by atoms with van der Waals surface area (Å²) in [5.74, 6) is -0.903. The molecule has 1 fully saturated rings. The third kappa shape index (κ3) is 3.41. The Morgan fingerprint density at radius 3 is 2.60 bits per heavy atom. The molecule has 25 heavy (non-hydrogen) atoms. The molecule has 0 saturated carbocycles. The first kappa shape index (κ1) is 17.2. The lowest BCUT2D eigenvalue weighted by atomic mass is 9.93. The normalized spacial score (nSPS) is 19.8. The highest BCUT2D eigenvalue weighted by atomic mass is 32.1. The van der Waals surface area contributed by atoms with Gasteiger partial charge in [-0.05, 0) is 49.3 Å². The molecule has 4 amide bonds. The lowest BCUT2D eigenvalue weighted by Crippen LogP contribution is -2.48. The van der Waals surface area contributed by atoms with E-state index in [0.717, 1.165) is 16.1 Å². The third-order valence-electron chi connectivity index (χ3n) is 4.30. The fourth-order valence-electron chi connectivity index (χ4n) is 2.75. The molecule has 1 aromatic heterocycles. The van der Waals surface area contributed by atoms with Gasteiger partial charge < -0.3 is 5.32 Å². The number of thiophene rings is 1. The van der Waals surface area contributed by atoms with Crippen molar-refractivity contribution in [2.75, 3.05) is 0 Å². The van der Waals surface area contributed by atoms with E-state index in [1.807, 2.05) is 36.4 Å². The summed E-state index contributed by atoms with van der Waals surface area (Å²) in [6, 6.07) is 11.0. The first-order valence-electron chi connectivity index (χ1n) is 7.96. The molecule has 1 aliphatic rings. The number of carbonyl (C=O) groups is 3. The number of rotatable bonds is 5. The van der Waals surface area contributed by atoms with Crippen molar-refractivity contribution >= 4 is 29.2 Å². The number of nitrogens with one attached hydrogen (secondary N) is 2. The summed E-state index contributed by atoms with van der Waals surface area (Å²) in [6.07, 6.45) is 1.10. The molecule has 0 aliphatic carbocycles. The predicted octanol–water partition coefficient (Wildman–Crippen LogP) is 2.64. The zero-order chi connectivity index (χ0) is 18.0. The van der Waals surface area contributed by atoms with Gasteiger partial charge in [-0.2, -0.15) is 5.01 Å². The number of urea groups is 1. The lowest BCUT2D eigenvalue weighted by Gasteiger charge is -2.21. The number of carbonyl (C=O) groups excluding carboxylic acids is 3. The predicted molar refractivity (Wildman–Crippen MR) is 95.1 cm³/mol. The number of benzene rings is 1. The van der Waals surface area contributed by atoms with Crippen LogP contribution in [-0.2, 0) is 11.2 Å². The van der Waals surface area contributed by atoms with E-state index in [0.29, 0.717) is 17.7 Å². The quantitative estimate of drug-likeness (QED) is 0.808. The Morgan fingerprint density at radius 2 is 1.96 bits per heavy atom. The van der Waals surface area contributed by atoms with Crippen molar-refractivity contribution in [3.8, 4) is 0 Å². The second-order valence-corrected chi connectivity index (χ2v) is 7.18. The first-order chi connectivity index (χ1) is 11.9. The van der Waals surface area contributed by atoms with Gasteiger partial charge in [-0.15, -0.1) is 11.3 Å². The van der Waals surface area contributed by atoms with E-state index in [1.54, 1.807) is 19.2 Å². The molecule has 1 unspecified atom stereocenters. The molecular weight excluding hydrogens is 338 g/mol. The van der Waals surface area contributed by atoms with Gasteiger partial charge in [0.05, 0.1) is 4.88 Å². The SMILES string of the molecule is Cc1ccsc1C(=O)NN1C(=O)NC(C)(CCc2ccccc2)C1=O. The van der Waals surface area contributed by atoms with Crippen LogP contribution in [0.2, 0.25) is 0 Å². The highest BCUT2D eigenvalue weighted by molar-refractivity contribution is 7.12. The van der Waals surface area contributed by atoms with E-state index in [-0.39, 0.29) is 0 Å². The second-order valence-electron chi connectivity index (χ2n) is 6.26. The van der Waals surface area contributed by atoms with Crippen molar-refractivity contribution in [3.63, 3.8) is 0 Å². The summed E-state index contributed by atoms with van der Waals surface area (Å²) >= 11 is 1.27. The van der Waals surface area contributed by atoms with E-state index >= 15 is 0 Å². The molecular formula is C18H19N3O3S. The Bertz CT molecular complexity index is 818. The fourth-order valence-corrected chi connectivity index (χ4v) is 3.57. The van der Waals surface area contributed by atoms with Crippen LogP contribution in [0.4, 0.5) is 4.79 Å². The topological polar surface area (TPSA) is 78.5 Å². The molecule has 6 nitrogen and oxygen atoms in total. The van der Waals surface area contributed by atoms with Gasteiger partial charge in [-0.3, -0.25) is 15.0 Å². The van der Waals surface area contributed by atoms with Gasteiger partial charge in [0, 0.05) is 0 Å². The molecule has 2 heterocycles. The average molecular weight is 357 g/mol. The maximum Gasteiger partial charge on any atom is 0.344 e. The minimum Gasteiger partial charge on any atom is -0.322 e. The molecule has 2 N–H and O–H groups in total. The summed E-state index contributed by atoms with van der Waals surface area (Å²) in [5.41, 5.74) is 3.27. The lowest BCUT2D eigenvalue weighted by molar-refractivity contribution is -0.132. The largest absolute Gasteiger partial charge is 0.344 e. The molecule has 0 radical (unpaired) electrons. The molecule has 0 spiro atoms. The highest BCUT2D eigenvalue weighted by Gasteiger charge is 2.48. The maximum atomic E-state index is 12.7. The van der Waals surface area contributed by atoms with Crippen LogP contribution in [0, 0.1) is 6.92 Å². The van der Waals surface area contributed by atoms with Crippen molar-refractivity contribution in [1.29, 1.82) is 0 Å². The Labute approximate surface area is 149 Å². The Hall–Kier alpha value is -2.67. The van der Waals surface area contributed by atoms with E-state index in [9.17, 15) is 14.4 Å². The molecule has 0 bridgehead atoms. The van der Waals surface area contributed by atoms with Gasteiger partial charge in [0.1, 0.15) is 5.54 Å². The average Bonchev–Trinajstić information content (AvgIpc) is 3.11. The molecule has 130 valence electrons. The molecule has 7 heteroatoms. The van der Waals surface area contributed by atoms with E-state index in [2.05, 4.69) is 10.7 Å². The van der Waals surface area contributed by atoms with Crippen LogP contribution in [0.3, 0.4) is 0 Å². The number of imide groups is 1. The van der Waals surface area contributed by atoms with Crippen LogP contribution in [0.25, 0.3) is 0 Å². The van der Waals surface area contributed by atoms with Crippen molar-refractivity contribution in [3.05, 3.63) is 57.8 Å². The summed E-state index contributed by atoms with van der Waals surface area (Å²) < 4.78 is 0. The van der Waals surface area contributed by atoms with Crippen molar-refractivity contribution in [2.24, 2.45) is 0 Å². The summed E-state index contributed by atoms with van der Waals surface area (Å²) in [6.45, 7) is 3.49. The van der Waals surface area contributed by atoms with Gasteiger partial charge in [-0.25, -0.2) is 4.79 Å². The summed E-state index contributed by atoms with van der Waals surface area (Å²) in [5, 5.41) is 5.27. The number of nitrogens with zero attached hydrogens (tertiary/aromatic N) is 1. The van der Waals surface area contributed by atoms with Crippen LogP contribution in [0.5, 0.6) is 0 Å². The molecule has 2 aromatic rings. The van der Waals surface area contributed by atoms with E-state index in [1.165, 1.54) is 11.3 Å². The summed E-state index contributed by atoms with van der Waals surface area (Å²) in [4.78, 5) is 37.6. The van der Waals surface area contributed by atoms with E-state index in [4.69, 9.17) is 0 Å². The highest BCUT2D eigenvalue weighted by Crippen LogP contribution is 2.23. The zero-order valence-electron chi connectivity index (χ0n) is 14.0.